The molecule has 2 nitrogen and oxygen atoms in total. The van der Waals surface area contributed by atoms with E-state index in [-0.39, 0.29) is 5.41 Å². The van der Waals surface area contributed by atoms with Gasteiger partial charge in [0.15, 0.2) is 0 Å². The fourth-order valence-electron chi connectivity index (χ4n) is 7.32. The molecule has 0 bridgehead atoms. The van der Waals surface area contributed by atoms with E-state index in [1.165, 1.54) is 49.5 Å². The third-order valence-corrected chi connectivity index (χ3v) is 9.49. The Labute approximate surface area is 250 Å². The largest absolute Gasteiger partial charge is 0.256 e. The third-order valence-electron chi connectivity index (χ3n) is 9.49. The topological polar surface area (TPSA) is 25.8 Å². The summed E-state index contributed by atoms with van der Waals surface area (Å²) in [6.45, 7) is 4.67. The third kappa shape index (κ3) is 3.47. The summed E-state index contributed by atoms with van der Waals surface area (Å²) in [6.07, 6.45) is 1.89. The van der Waals surface area contributed by atoms with Crippen LogP contribution in [0.4, 0.5) is 0 Å². The molecule has 0 aliphatic heterocycles. The molecule has 0 unspecified atom stereocenters. The molecule has 1 aliphatic carbocycles. The fraction of sp³-hybridized carbons (Fsp3) is 0.0732. The van der Waals surface area contributed by atoms with Crippen molar-refractivity contribution in [1.29, 1.82) is 0 Å². The number of para-hydroxylation sites is 1. The van der Waals surface area contributed by atoms with E-state index in [0.717, 1.165) is 38.4 Å². The lowest BCUT2D eigenvalue weighted by Gasteiger charge is -2.22. The molecule has 6 aromatic carbocycles. The maximum atomic E-state index is 5.23. The van der Waals surface area contributed by atoms with Gasteiger partial charge in [-0.2, -0.15) is 0 Å². The minimum atomic E-state index is -0.0163. The molecule has 0 saturated heterocycles. The van der Waals surface area contributed by atoms with Crippen LogP contribution < -0.4 is 0 Å². The van der Waals surface area contributed by atoms with Crippen LogP contribution in [0.15, 0.2) is 134 Å². The van der Waals surface area contributed by atoms with Crippen LogP contribution in [0.25, 0.3) is 76.9 Å². The normalized spacial score (nSPS) is 13.5. The van der Waals surface area contributed by atoms with E-state index in [9.17, 15) is 0 Å². The highest BCUT2D eigenvalue weighted by Crippen LogP contribution is 2.49. The van der Waals surface area contributed by atoms with E-state index in [0.29, 0.717) is 0 Å². The molecule has 0 N–H and O–H groups in total. The van der Waals surface area contributed by atoms with Gasteiger partial charge in [-0.1, -0.05) is 123 Å². The summed E-state index contributed by atoms with van der Waals surface area (Å²) in [7, 11) is 0. The van der Waals surface area contributed by atoms with Crippen molar-refractivity contribution in [2.24, 2.45) is 0 Å². The summed E-state index contributed by atoms with van der Waals surface area (Å²) in [4.78, 5) is 10.1. The molecule has 2 heterocycles. The molecule has 0 saturated carbocycles. The molecule has 8 aromatic rings. The first-order chi connectivity index (χ1) is 21.1. The van der Waals surface area contributed by atoms with E-state index >= 15 is 0 Å². The second kappa shape index (κ2) is 8.83. The Kier molecular flexibility index (Phi) is 4.99. The lowest BCUT2D eigenvalue weighted by molar-refractivity contribution is 0.660. The molecule has 0 fully saturated rings. The van der Waals surface area contributed by atoms with Gasteiger partial charge in [0.05, 0.1) is 16.7 Å². The van der Waals surface area contributed by atoms with Crippen LogP contribution in [0.2, 0.25) is 0 Å². The Balaban J connectivity index is 1.22. The van der Waals surface area contributed by atoms with E-state index in [1.54, 1.807) is 0 Å². The number of fused-ring (bicyclic) bond motifs is 10. The molecule has 0 spiro atoms. The summed E-state index contributed by atoms with van der Waals surface area (Å²) >= 11 is 0. The summed E-state index contributed by atoms with van der Waals surface area (Å²) in [5.74, 6) is 0. The van der Waals surface area contributed by atoms with E-state index in [1.807, 2.05) is 12.3 Å². The number of nitrogens with zero attached hydrogens (tertiary/aromatic N) is 2. The van der Waals surface area contributed by atoms with Crippen LogP contribution in [-0.2, 0) is 5.41 Å². The quantitative estimate of drug-likeness (QED) is 0.201. The molecule has 2 heteroatoms. The number of hydrogen-bond donors (Lipinski definition) is 0. The number of rotatable bonds is 2. The highest BCUT2D eigenvalue weighted by molar-refractivity contribution is 6.28. The van der Waals surface area contributed by atoms with Crippen molar-refractivity contribution in [1.82, 2.24) is 9.97 Å². The Morgan fingerprint density at radius 3 is 2.14 bits per heavy atom. The van der Waals surface area contributed by atoms with E-state index in [4.69, 9.17) is 9.97 Å². The molecular weight excluding hydrogens is 520 g/mol. The van der Waals surface area contributed by atoms with Crippen LogP contribution in [0.3, 0.4) is 0 Å². The maximum Gasteiger partial charge on any atom is 0.0788 e. The molecule has 1 aliphatic rings. The van der Waals surface area contributed by atoms with Gasteiger partial charge in [0, 0.05) is 44.1 Å². The molecule has 0 amide bonds. The van der Waals surface area contributed by atoms with Crippen molar-refractivity contribution in [3.05, 3.63) is 145 Å². The van der Waals surface area contributed by atoms with Gasteiger partial charge in [0.25, 0.3) is 0 Å². The minimum Gasteiger partial charge on any atom is -0.256 e. The zero-order chi connectivity index (χ0) is 28.7. The van der Waals surface area contributed by atoms with Crippen molar-refractivity contribution in [2.45, 2.75) is 19.3 Å². The van der Waals surface area contributed by atoms with Crippen molar-refractivity contribution in [3.63, 3.8) is 0 Å². The predicted octanol–water partition coefficient (Wildman–Crippen LogP) is 10.7. The standard InChI is InChI=1S/C41H28N2/c1-41(2)34-11-5-3-9-30(34)31-21-20-29(24-35(31)41)25-13-16-28(17-14-25)39-33-22-19-26-15-18-27-8-7-23-42-40(27)37(26)38(33)32-10-4-6-12-36(32)43-39/h3-24H,1-2H3. The van der Waals surface area contributed by atoms with Crippen molar-refractivity contribution < 1.29 is 0 Å². The number of hydrogen-bond acceptors (Lipinski definition) is 2. The molecule has 2 aromatic heterocycles. The Bertz CT molecular complexity index is 2420. The first-order valence-electron chi connectivity index (χ1n) is 14.9. The first-order valence-corrected chi connectivity index (χ1v) is 14.9. The predicted molar refractivity (Wildman–Crippen MR) is 180 cm³/mol. The monoisotopic (exact) mass is 548 g/mol. The average molecular weight is 549 g/mol. The lowest BCUT2D eigenvalue weighted by atomic mass is 9.81. The van der Waals surface area contributed by atoms with E-state index in [2.05, 4.69) is 135 Å². The van der Waals surface area contributed by atoms with Gasteiger partial charge in [0.2, 0.25) is 0 Å². The zero-order valence-corrected chi connectivity index (χ0v) is 24.1. The van der Waals surface area contributed by atoms with Crippen molar-refractivity contribution in [2.75, 3.05) is 0 Å². The Morgan fingerprint density at radius 1 is 0.512 bits per heavy atom. The molecule has 9 rings (SSSR count). The van der Waals surface area contributed by atoms with Gasteiger partial charge >= 0.3 is 0 Å². The van der Waals surface area contributed by atoms with Crippen LogP contribution >= 0.6 is 0 Å². The minimum absolute atomic E-state index is 0.0163. The van der Waals surface area contributed by atoms with Gasteiger partial charge in [-0.15, -0.1) is 0 Å². The number of pyridine rings is 2. The smallest absolute Gasteiger partial charge is 0.0788 e. The van der Waals surface area contributed by atoms with E-state index < -0.39 is 0 Å². The van der Waals surface area contributed by atoms with Crippen molar-refractivity contribution >= 4 is 43.4 Å². The first kappa shape index (κ1) is 24.3. The maximum absolute atomic E-state index is 5.23. The lowest BCUT2D eigenvalue weighted by Crippen LogP contribution is -2.14. The van der Waals surface area contributed by atoms with Gasteiger partial charge in [-0.3, -0.25) is 4.98 Å². The summed E-state index contributed by atoms with van der Waals surface area (Å²) in [6, 6.07) is 46.2. The second-order valence-electron chi connectivity index (χ2n) is 12.2. The summed E-state index contributed by atoms with van der Waals surface area (Å²) in [5.41, 5.74) is 12.1. The average Bonchev–Trinajstić information content (AvgIpc) is 3.29. The highest BCUT2D eigenvalue weighted by atomic mass is 14.7. The van der Waals surface area contributed by atoms with Gasteiger partial charge < -0.3 is 0 Å². The SMILES string of the molecule is CC1(C)c2ccccc2-c2ccc(-c3ccc(-c4nc5ccccc5c5c4ccc4ccc6cccnc6c45)cc3)cc21. The molecule has 0 atom stereocenters. The van der Waals surface area contributed by atoms with Crippen LogP contribution in [0, 0.1) is 0 Å². The summed E-state index contributed by atoms with van der Waals surface area (Å²) in [5, 5.41) is 7.05. The molecular formula is C41H28N2. The Hall–Kier alpha value is -5.34. The van der Waals surface area contributed by atoms with Crippen LogP contribution in [-0.4, -0.2) is 9.97 Å². The Morgan fingerprint density at radius 2 is 1.23 bits per heavy atom. The zero-order valence-electron chi connectivity index (χ0n) is 24.1. The van der Waals surface area contributed by atoms with Gasteiger partial charge in [-0.05, 0) is 57.0 Å². The van der Waals surface area contributed by atoms with Gasteiger partial charge in [0.1, 0.15) is 0 Å². The molecule has 202 valence electrons. The summed E-state index contributed by atoms with van der Waals surface area (Å²) < 4.78 is 0. The van der Waals surface area contributed by atoms with Crippen molar-refractivity contribution in [3.8, 4) is 33.5 Å². The number of aromatic nitrogens is 2. The van der Waals surface area contributed by atoms with Crippen LogP contribution in [0.1, 0.15) is 25.0 Å². The fourth-order valence-corrected chi connectivity index (χ4v) is 7.32. The highest BCUT2D eigenvalue weighted by Gasteiger charge is 2.35. The van der Waals surface area contributed by atoms with Gasteiger partial charge in [-0.25, -0.2) is 4.98 Å². The molecule has 43 heavy (non-hydrogen) atoms. The van der Waals surface area contributed by atoms with Crippen LogP contribution in [0.5, 0.6) is 0 Å². The molecule has 0 radical (unpaired) electrons. The number of benzene rings is 6. The second-order valence-corrected chi connectivity index (χ2v) is 12.2.